The molecule has 34 heavy (non-hydrogen) atoms. The standard InChI is InChI=1S/C26H28N4O4/c1-17-3-7-19(8-4-17)29-23(31)15-21(25(29)33)27-11-13-28(14-12-27)22-16-24(32)30(26(22)34)20-9-5-18(2)6-10-20/h3-10,21-22H,11-16H2,1-2H3/p+2/t21-,22+. The first-order valence-corrected chi connectivity index (χ1v) is 11.9. The Bertz CT molecular complexity index is 1040. The maximum absolute atomic E-state index is 13.1. The van der Waals surface area contributed by atoms with Crippen molar-refractivity contribution in [2.24, 2.45) is 0 Å². The number of carbonyl (C=O) groups excluding carboxylic acids is 4. The third kappa shape index (κ3) is 3.93. The first-order chi connectivity index (χ1) is 16.3. The van der Waals surface area contributed by atoms with E-state index in [4.69, 9.17) is 0 Å². The topological polar surface area (TPSA) is 83.6 Å². The Labute approximate surface area is 198 Å². The highest BCUT2D eigenvalue weighted by Crippen LogP contribution is 2.23. The van der Waals surface area contributed by atoms with Gasteiger partial charge < -0.3 is 9.80 Å². The van der Waals surface area contributed by atoms with Gasteiger partial charge in [-0.05, 0) is 38.1 Å². The van der Waals surface area contributed by atoms with Crippen molar-refractivity contribution in [2.45, 2.75) is 38.8 Å². The van der Waals surface area contributed by atoms with Gasteiger partial charge in [0.25, 0.3) is 11.8 Å². The van der Waals surface area contributed by atoms with Crippen molar-refractivity contribution in [3.63, 3.8) is 0 Å². The average molecular weight is 463 g/mol. The number of piperazine rings is 1. The highest BCUT2D eigenvalue weighted by Gasteiger charge is 2.50. The fourth-order valence-electron chi connectivity index (χ4n) is 5.42. The summed E-state index contributed by atoms with van der Waals surface area (Å²) in [5.74, 6) is -0.618. The lowest BCUT2D eigenvalue weighted by Crippen LogP contribution is -3.31. The monoisotopic (exact) mass is 462 g/mol. The normalized spacial score (nSPS) is 27.7. The molecule has 3 heterocycles. The Balaban J connectivity index is 1.23. The van der Waals surface area contributed by atoms with Gasteiger partial charge in [0.15, 0.2) is 12.1 Å². The van der Waals surface area contributed by atoms with Gasteiger partial charge in [0.2, 0.25) is 11.8 Å². The van der Waals surface area contributed by atoms with Crippen LogP contribution >= 0.6 is 0 Å². The molecule has 8 heteroatoms. The molecule has 0 spiro atoms. The zero-order chi connectivity index (χ0) is 24.0. The molecule has 2 aromatic rings. The molecule has 3 aliphatic rings. The molecule has 3 aliphatic heterocycles. The molecule has 4 amide bonds. The van der Waals surface area contributed by atoms with Crippen LogP contribution < -0.4 is 19.6 Å². The number of nitrogens with one attached hydrogen (secondary N) is 2. The molecule has 0 bridgehead atoms. The van der Waals surface area contributed by atoms with Crippen LogP contribution in [0, 0.1) is 13.8 Å². The van der Waals surface area contributed by atoms with Gasteiger partial charge in [-0.15, -0.1) is 0 Å². The fraction of sp³-hybridized carbons (Fsp3) is 0.385. The summed E-state index contributed by atoms with van der Waals surface area (Å²) >= 11 is 0. The Morgan fingerprint density at radius 2 is 0.912 bits per heavy atom. The third-order valence-electron chi connectivity index (χ3n) is 7.40. The van der Waals surface area contributed by atoms with Crippen LogP contribution in [0.1, 0.15) is 24.0 Å². The van der Waals surface area contributed by atoms with E-state index in [9.17, 15) is 19.2 Å². The van der Waals surface area contributed by atoms with E-state index < -0.39 is 0 Å². The number of hydrogen-bond donors (Lipinski definition) is 2. The molecule has 8 nitrogen and oxygen atoms in total. The molecule has 0 unspecified atom stereocenters. The molecule has 2 N–H and O–H groups in total. The number of quaternary nitrogens is 2. The van der Waals surface area contributed by atoms with E-state index in [1.54, 1.807) is 0 Å². The lowest BCUT2D eigenvalue weighted by atomic mass is 10.1. The van der Waals surface area contributed by atoms with E-state index in [2.05, 4.69) is 0 Å². The summed E-state index contributed by atoms with van der Waals surface area (Å²) in [5.41, 5.74) is 3.39. The Morgan fingerprint density at radius 1 is 0.588 bits per heavy atom. The molecule has 2 atom stereocenters. The van der Waals surface area contributed by atoms with E-state index >= 15 is 0 Å². The predicted octanol–water partition coefficient (Wildman–Crippen LogP) is -0.949. The van der Waals surface area contributed by atoms with Gasteiger partial charge in [0.05, 0.1) is 24.2 Å². The van der Waals surface area contributed by atoms with Crippen molar-refractivity contribution in [3.05, 3.63) is 59.7 Å². The molecule has 3 fully saturated rings. The van der Waals surface area contributed by atoms with E-state index in [0.717, 1.165) is 20.9 Å². The maximum Gasteiger partial charge on any atom is 0.292 e. The maximum atomic E-state index is 13.1. The van der Waals surface area contributed by atoms with Crippen molar-refractivity contribution in [1.29, 1.82) is 0 Å². The van der Waals surface area contributed by atoms with Crippen molar-refractivity contribution >= 4 is 35.0 Å². The summed E-state index contributed by atoms with van der Waals surface area (Å²) in [7, 11) is 0. The second-order valence-electron chi connectivity index (χ2n) is 9.64. The number of nitrogens with zero attached hydrogens (tertiary/aromatic N) is 2. The molecule has 2 aromatic carbocycles. The number of carbonyl (C=O) groups is 4. The second kappa shape index (κ2) is 8.77. The number of rotatable bonds is 4. The minimum absolute atomic E-state index is 0.148. The smallest absolute Gasteiger partial charge is 0.292 e. The quantitative estimate of drug-likeness (QED) is 0.574. The summed E-state index contributed by atoms with van der Waals surface area (Å²) in [6.45, 7) is 6.67. The molecule has 3 saturated heterocycles. The van der Waals surface area contributed by atoms with Gasteiger partial charge in [-0.25, -0.2) is 9.80 Å². The number of hydrogen-bond acceptors (Lipinski definition) is 4. The highest BCUT2D eigenvalue weighted by molar-refractivity contribution is 6.22. The minimum atomic E-state index is -0.389. The predicted molar refractivity (Wildman–Crippen MR) is 126 cm³/mol. The largest absolute Gasteiger partial charge is 0.315 e. The van der Waals surface area contributed by atoms with Crippen LogP contribution in [0.4, 0.5) is 11.4 Å². The van der Waals surface area contributed by atoms with Crippen LogP contribution in [0.2, 0.25) is 0 Å². The van der Waals surface area contributed by atoms with Gasteiger partial charge in [0.1, 0.15) is 26.2 Å². The third-order valence-corrected chi connectivity index (χ3v) is 7.40. The Hall–Kier alpha value is -3.36. The van der Waals surface area contributed by atoms with E-state index in [1.807, 2.05) is 62.4 Å². The summed E-state index contributed by atoms with van der Waals surface area (Å²) in [6.07, 6.45) is 0.416. The summed E-state index contributed by atoms with van der Waals surface area (Å²) in [5, 5.41) is 0. The van der Waals surface area contributed by atoms with Gasteiger partial charge in [-0.1, -0.05) is 35.4 Å². The zero-order valence-corrected chi connectivity index (χ0v) is 19.5. The lowest BCUT2D eigenvalue weighted by Gasteiger charge is -2.34. The van der Waals surface area contributed by atoms with Crippen LogP contribution in [-0.2, 0) is 19.2 Å². The SMILES string of the molecule is Cc1ccc(N2C(=O)C[C@@H]([NH+]3CC[NH+]([C@H]4CC(=O)N(c5ccc(C)cc5)C4=O)CC3)C2=O)cc1. The minimum Gasteiger partial charge on any atom is -0.315 e. The van der Waals surface area contributed by atoms with Crippen molar-refractivity contribution in [1.82, 2.24) is 0 Å². The summed E-state index contributed by atoms with van der Waals surface area (Å²) in [4.78, 5) is 56.4. The second-order valence-corrected chi connectivity index (χ2v) is 9.64. The van der Waals surface area contributed by atoms with E-state index in [1.165, 1.54) is 9.80 Å². The van der Waals surface area contributed by atoms with Gasteiger partial charge >= 0.3 is 0 Å². The molecule has 0 radical (unpaired) electrons. The zero-order valence-electron chi connectivity index (χ0n) is 19.5. The summed E-state index contributed by atoms with van der Waals surface area (Å²) in [6, 6.07) is 14.1. The molecule has 0 aliphatic carbocycles. The number of aryl methyl sites for hydroxylation is 2. The van der Waals surface area contributed by atoms with Gasteiger partial charge in [-0.2, -0.15) is 0 Å². The lowest BCUT2D eigenvalue weighted by molar-refractivity contribution is -1.02. The van der Waals surface area contributed by atoms with Crippen molar-refractivity contribution < 1.29 is 29.0 Å². The molecule has 0 aromatic heterocycles. The van der Waals surface area contributed by atoms with Crippen LogP contribution in [0.15, 0.2) is 48.5 Å². The first kappa shape index (κ1) is 22.4. The highest BCUT2D eigenvalue weighted by atomic mass is 16.2. The van der Waals surface area contributed by atoms with Crippen molar-refractivity contribution in [2.75, 3.05) is 36.0 Å². The molecular formula is C26H30N4O4+2. The molecular weight excluding hydrogens is 432 g/mol. The number of imide groups is 2. The molecule has 176 valence electrons. The molecule has 0 saturated carbocycles. The Morgan fingerprint density at radius 3 is 1.24 bits per heavy atom. The molecule has 5 rings (SSSR count). The summed E-state index contributed by atoms with van der Waals surface area (Å²) < 4.78 is 0. The van der Waals surface area contributed by atoms with Gasteiger partial charge in [0, 0.05) is 0 Å². The Kier molecular flexibility index (Phi) is 5.79. The first-order valence-electron chi connectivity index (χ1n) is 11.9. The number of benzene rings is 2. The number of anilines is 2. The van der Waals surface area contributed by atoms with Crippen LogP contribution in [0.25, 0.3) is 0 Å². The van der Waals surface area contributed by atoms with Crippen molar-refractivity contribution in [3.8, 4) is 0 Å². The average Bonchev–Trinajstić information content (AvgIpc) is 3.29. The fourth-order valence-corrected chi connectivity index (χ4v) is 5.42. The van der Waals surface area contributed by atoms with Crippen LogP contribution in [0.3, 0.4) is 0 Å². The van der Waals surface area contributed by atoms with Crippen LogP contribution in [0.5, 0.6) is 0 Å². The van der Waals surface area contributed by atoms with E-state index in [0.29, 0.717) is 37.6 Å². The van der Waals surface area contributed by atoms with E-state index in [-0.39, 0.29) is 48.6 Å². The van der Waals surface area contributed by atoms with Gasteiger partial charge in [-0.3, -0.25) is 19.2 Å². The van der Waals surface area contributed by atoms with Crippen LogP contribution in [-0.4, -0.2) is 61.9 Å². The number of amides is 4.